The van der Waals surface area contributed by atoms with Crippen molar-refractivity contribution in [3.63, 3.8) is 0 Å². The summed E-state index contributed by atoms with van der Waals surface area (Å²) in [5.41, 5.74) is 5.73. The zero-order valence-electron chi connectivity index (χ0n) is 17.9. The number of aryl methyl sites for hydroxylation is 1. The predicted molar refractivity (Wildman–Crippen MR) is 119 cm³/mol. The number of ether oxygens (including phenoxy) is 2. The Balaban J connectivity index is 1.61. The van der Waals surface area contributed by atoms with Crippen molar-refractivity contribution in [1.29, 1.82) is 0 Å². The highest BCUT2D eigenvalue weighted by Gasteiger charge is 2.22. The van der Waals surface area contributed by atoms with Gasteiger partial charge in [-0.2, -0.15) is 5.10 Å². The first-order chi connectivity index (χ1) is 15.5. The number of amides is 2. The lowest BCUT2D eigenvalue weighted by Gasteiger charge is -2.16. The first kappa shape index (κ1) is 22.5. The molecule has 3 rings (SSSR count). The standard InChI is InChI=1S/C23H25N5O4/c1-16-8-9-18(10-21(16)31-2)12-26-28-22(29)20(11-19-13-24-15-25-19)27-23(30)32-14-17-6-4-3-5-7-17/h3-10,12-13,15,20H,11,14H2,1-2H3,(H,24,25)(H,27,30)(H,28,29)/b26-12-/t20-/m1/s1. The summed E-state index contributed by atoms with van der Waals surface area (Å²) < 4.78 is 10.5. The minimum atomic E-state index is -0.913. The molecule has 2 aromatic carbocycles. The quantitative estimate of drug-likeness (QED) is 0.353. The number of aromatic amines is 1. The topological polar surface area (TPSA) is 118 Å². The van der Waals surface area contributed by atoms with Crippen molar-refractivity contribution >= 4 is 18.2 Å². The highest BCUT2D eigenvalue weighted by atomic mass is 16.5. The van der Waals surface area contributed by atoms with Crippen LogP contribution in [0.5, 0.6) is 5.75 Å². The van der Waals surface area contributed by atoms with Gasteiger partial charge in [0.1, 0.15) is 18.4 Å². The van der Waals surface area contributed by atoms with Crippen LogP contribution < -0.4 is 15.5 Å². The second kappa shape index (κ2) is 11.3. The molecule has 0 fully saturated rings. The van der Waals surface area contributed by atoms with Gasteiger partial charge in [-0.25, -0.2) is 15.2 Å². The summed E-state index contributed by atoms with van der Waals surface area (Å²) in [7, 11) is 1.59. The Labute approximate surface area is 185 Å². The summed E-state index contributed by atoms with van der Waals surface area (Å²) in [4.78, 5) is 31.8. The molecule has 3 N–H and O–H groups in total. The maximum Gasteiger partial charge on any atom is 0.408 e. The van der Waals surface area contributed by atoms with Crippen molar-refractivity contribution in [1.82, 2.24) is 20.7 Å². The van der Waals surface area contributed by atoms with Gasteiger partial charge in [-0.15, -0.1) is 0 Å². The molecule has 0 aliphatic heterocycles. The number of nitrogens with zero attached hydrogens (tertiary/aromatic N) is 2. The van der Waals surface area contributed by atoms with Gasteiger partial charge in [0.05, 0.1) is 19.7 Å². The predicted octanol–water partition coefficient (Wildman–Crippen LogP) is 2.71. The molecular formula is C23H25N5O4. The van der Waals surface area contributed by atoms with Gasteiger partial charge in [-0.1, -0.05) is 42.5 Å². The Kier molecular flexibility index (Phi) is 7.96. The number of carbonyl (C=O) groups is 2. The molecule has 3 aromatic rings. The van der Waals surface area contributed by atoms with Gasteiger partial charge in [0.25, 0.3) is 5.91 Å². The number of benzene rings is 2. The van der Waals surface area contributed by atoms with Crippen molar-refractivity contribution in [2.24, 2.45) is 5.10 Å². The van der Waals surface area contributed by atoms with E-state index in [2.05, 4.69) is 25.8 Å². The van der Waals surface area contributed by atoms with Crippen molar-refractivity contribution in [2.45, 2.75) is 26.0 Å². The lowest BCUT2D eigenvalue weighted by molar-refractivity contribution is -0.123. The van der Waals surface area contributed by atoms with Crippen LogP contribution in [0.1, 0.15) is 22.4 Å². The van der Waals surface area contributed by atoms with Crippen LogP contribution >= 0.6 is 0 Å². The van der Waals surface area contributed by atoms with Crippen molar-refractivity contribution < 1.29 is 19.1 Å². The van der Waals surface area contributed by atoms with Crippen LogP contribution in [0, 0.1) is 6.92 Å². The molecule has 0 radical (unpaired) electrons. The first-order valence-electron chi connectivity index (χ1n) is 9.97. The van der Waals surface area contributed by atoms with E-state index in [0.717, 1.165) is 22.4 Å². The van der Waals surface area contributed by atoms with Crippen LogP contribution in [0.15, 0.2) is 66.2 Å². The van der Waals surface area contributed by atoms with Crippen molar-refractivity contribution in [2.75, 3.05) is 7.11 Å². The van der Waals surface area contributed by atoms with E-state index < -0.39 is 18.0 Å². The Morgan fingerprint density at radius 1 is 1.22 bits per heavy atom. The van der Waals surface area contributed by atoms with Gasteiger partial charge < -0.3 is 19.8 Å². The molecule has 1 heterocycles. The first-order valence-corrected chi connectivity index (χ1v) is 9.97. The Morgan fingerprint density at radius 2 is 2.03 bits per heavy atom. The highest BCUT2D eigenvalue weighted by molar-refractivity contribution is 5.87. The van der Waals surface area contributed by atoms with Crippen LogP contribution in [0.3, 0.4) is 0 Å². The third kappa shape index (κ3) is 6.69. The fourth-order valence-corrected chi connectivity index (χ4v) is 2.90. The lowest BCUT2D eigenvalue weighted by Crippen LogP contribution is -2.47. The number of methoxy groups -OCH3 is 1. The summed E-state index contributed by atoms with van der Waals surface area (Å²) in [5, 5.41) is 6.58. The second-order valence-electron chi connectivity index (χ2n) is 7.00. The van der Waals surface area contributed by atoms with Gasteiger partial charge >= 0.3 is 6.09 Å². The molecule has 1 atom stereocenters. The average molecular weight is 435 g/mol. The molecule has 166 valence electrons. The number of carbonyl (C=O) groups excluding carboxylic acids is 2. The van der Waals surface area contributed by atoms with E-state index in [9.17, 15) is 9.59 Å². The van der Waals surface area contributed by atoms with E-state index in [0.29, 0.717) is 5.69 Å². The SMILES string of the molecule is COc1cc(/C=N\NC(=O)[C@@H](Cc2cnc[nH]2)NC(=O)OCc2ccccc2)ccc1C. The van der Waals surface area contributed by atoms with Crippen molar-refractivity contribution in [3.8, 4) is 5.75 Å². The number of alkyl carbamates (subject to hydrolysis) is 1. The summed E-state index contributed by atoms with van der Waals surface area (Å²) in [6, 6.07) is 13.9. The maximum atomic E-state index is 12.7. The Morgan fingerprint density at radius 3 is 2.75 bits per heavy atom. The second-order valence-corrected chi connectivity index (χ2v) is 7.00. The highest BCUT2D eigenvalue weighted by Crippen LogP contribution is 2.17. The molecule has 9 heteroatoms. The van der Waals surface area contributed by atoms with E-state index in [1.165, 1.54) is 12.5 Å². The molecule has 0 spiro atoms. The average Bonchev–Trinajstić information content (AvgIpc) is 3.32. The van der Waals surface area contributed by atoms with Gasteiger partial charge in [0, 0.05) is 18.3 Å². The molecular weight excluding hydrogens is 410 g/mol. The molecule has 1 aromatic heterocycles. The Hall–Kier alpha value is -4.14. The third-order valence-electron chi connectivity index (χ3n) is 4.62. The number of hydrazone groups is 1. The minimum Gasteiger partial charge on any atom is -0.496 e. The number of hydrogen-bond acceptors (Lipinski definition) is 6. The molecule has 32 heavy (non-hydrogen) atoms. The largest absolute Gasteiger partial charge is 0.496 e. The van der Waals surface area contributed by atoms with E-state index in [4.69, 9.17) is 9.47 Å². The number of aromatic nitrogens is 2. The van der Waals surface area contributed by atoms with Crippen LogP contribution in [0.4, 0.5) is 4.79 Å². The van der Waals surface area contributed by atoms with Gasteiger partial charge in [-0.3, -0.25) is 4.79 Å². The summed E-state index contributed by atoms with van der Waals surface area (Å²) in [5.74, 6) is 0.229. The number of H-pyrrole nitrogens is 1. The molecule has 0 saturated carbocycles. The van der Waals surface area contributed by atoms with E-state index in [1.807, 2.05) is 55.5 Å². The molecule has 0 aliphatic carbocycles. The zero-order valence-corrected chi connectivity index (χ0v) is 17.9. The van der Waals surface area contributed by atoms with Crippen LogP contribution in [0.2, 0.25) is 0 Å². The third-order valence-corrected chi connectivity index (χ3v) is 4.62. The van der Waals surface area contributed by atoms with Gasteiger partial charge in [0.15, 0.2) is 0 Å². The van der Waals surface area contributed by atoms with Gasteiger partial charge in [0.2, 0.25) is 0 Å². The summed E-state index contributed by atoms with van der Waals surface area (Å²) in [6.07, 6.45) is 4.07. The van der Waals surface area contributed by atoms with Crippen molar-refractivity contribution in [3.05, 3.63) is 83.4 Å². The molecule has 0 bridgehead atoms. The molecule has 9 nitrogen and oxygen atoms in total. The summed E-state index contributed by atoms with van der Waals surface area (Å²) >= 11 is 0. The molecule has 0 unspecified atom stereocenters. The number of imidazole rings is 1. The maximum absolute atomic E-state index is 12.7. The number of hydrogen-bond donors (Lipinski definition) is 3. The minimum absolute atomic E-state index is 0.0957. The number of nitrogens with one attached hydrogen (secondary N) is 3. The normalized spacial score (nSPS) is 11.7. The van der Waals surface area contributed by atoms with Crippen LogP contribution in [-0.4, -0.2) is 41.3 Å². The van der Waals surface area contributed by atoms with Gasteiger partial charge in [-0.05, 0) is 29.7 Å². The molecule has 0 aliphatic rings. The van der Waals surface area contributed by atoms with E-state index >= 15 is 0 Å². The fourth-order valence-electron chi connectivity index (χ4n) is 2.90. The monoisotopic (exact) mass is 435 g/mol. The van der Waals surface area contributed by atoms with Crippen LogP contribution in [0.25, 0.3) is 0 Å². The van der Waals surface area contributed by atoms with E-state index in [-0.39, 0.29) is 13.0 Å². The smallest absolute Gasteiger partial charge is 0.408 e. The van der Waals surface area contributed by atoms with E-state index in [1.54, 1.807) is 13.3 Å². The number of rotatable bonds is 9. The van der Waals surface area contributed by atoms with Crippen LogP contribution in [-0.2, 0) is 22.6 Å². The molecule has 0 saturated heterocycles. The Bertz CT molecular complexity index is 1050. The lowest BCUT2D eigenvalue weighted by atomic mass is 10.1. The summed E-state index contributed by atoms with van der Waals surface area (Å²) in [6.45, 7) is 2.03. The fraction of sp³-hybridized carbons (Fsp3) is 0.217. The zero-order chi connectivity index (χ0) is 22.8. The molecule has 2 amide bonds.